The SMILES string of the molecule is C#C.C/C=C\C(=C/CO)CC(=O)N1CCc2cnc(N3CCN(C4CCC4)CC3)nc2CC1. The molecule has 1 saturated carbocycles. The number of carbonyl (C=O) groups excluding carboxylic acids is 1. The van der Waals surface area contributed by atoms with Gasteiger partial charge in [0, 0.05) is 57.9 Å². The van der Waals surface area contributed by atoms with Crippen molar-refractivity contribution in [3.63, 3.8) is 0 Å². The average molecular weight is 452 g/mol. The first-order valence-electron chi connectivity index (χ1n) is 12.1. The van der Waals surface area contributed by atoms with Gasteiger partial charge in [0.05, 0.1) is 18.7 Å². The Morgan fingerprint density at radius 3 is 2.52 bits per heavy atom. The zero-order valence-corrected chi connectivity index (χ0v) is 19.8. The number of aliphatic hydroxyl groups excluding tert-OH is 1. The Morgan fingerprint density at radius 1 is 1.15 bits per heavy atom. The zero-order valence-electron chi connectivity index (χ0n) is 19.8. The summed E-state index contributed by atoms with van der Waals surface area (Å²) in [7, 11) is 0. The molecule has 0 bridgehead atoms. The summed E-state index contributed by atoms with van der Waals surface area (Å²) in [4.78, 5) is 29.3. The van der Waals surface area contributed by atoms with E-state index in [0.29, 0.717) is 19.5 Å². The maximum Gasteiger partial charge on any atom is 0.227 e. The van der Waals surface area contributed by atoms with Gasteiger partial charge in [0.15, 0.2) is 0 Å². The monoisotopic (exact) mass is 451 g/mol. The smallest absolute Gasteiger partial charge is 0.227 e. The van der Waals surface area contributed by atoms with Crippen molar-refractivity contribution >= 4 is 11.9 Å². The molecule has 7 heteroatoms. The number of nitrogens with zero attached hydrogens (tertiary/aromatic N) is 5. The first-order chi connectivity index (χ1) is 16.2. The van der Waals surface area contributed by atoms with Crippen LogP contribution in [-0.2, 0) is 17.6 Å². The van der Waals surface area contributed by atoms with Gasteiger partial charge in [-0.05, 0) is 37.3 Å². The Balaban J connectivity index is 0.00000149. The molecule has 2 aliphatic heterocycles. The van der Waals surface area contributed by atoms with Crippen LogP contribution >= 0.6 is 0 Å². The topological polar surface area (TPSA) is 72.8 Å². The molecule has 178 valence electrons. The molecule has 1 saturated heterocycles. The highest BCUT2D eigenvalue weighted by molar-refractivity contribution is 5.79. The summed E-state index contributed by atoms with van der Waals surface area (Å²) in [6.07, 6.45) is 21.4. The minimum absolute atomic E-state index is 0.0499. The summed E-state index contributed by atoms with van der Waals surface area (Å²) in [5, 5.41) is 9.18. The van der Waals surface area contributed by atoms with E-state index in [2.05, 4.69) is 27.6 Å². The second-order valence-electron chi connectivity index (χ2n) is 8.77. The van der Waals surface area contributed by atoms with E-state index in [-0.39, 0.29) is 12.5 Å². The van der Waals surface area contributed by atoms with E-state index >= 15 is 0 Å². The van der Waals surface area contributed by atoms with Gasteiger partial charge in [-0.15, -0.1) is 12.8 Å². The molecule has 3 heterocycles. The number of fused-ring (bicyclic) bond motifs is 1. The number of hydrogen-bond donors (Lipinski definition) is 1. The van der Waals surface area contributed by atoms with E-state index in [1.807, 2.05) is 30.2 Å². The van der Waals surface area contributed by atoms with Crippen molar-refractivity contribution < 1.29 is 9.90 Å². The van der Waals surface area contributed by atoms with Crippen LogP contribution in [-0.4, -0.2) is 82.7 Å². The standard InChI is InChI=1S/C24H35N5O2.C2H2/c1-2-4-19(9-16-30)17-23(31)28-10-7-20-18-25-24(26-22(20)8-11-28)29-14-12-27(13-15-29)21-5-3-6-21;1-2/h2,4,9,18,21,30H,3,5-8,10-17H2,1H3;1-2H/b4-2-,19-9+;. The first kappa shape index (κ1) is 24.9. The van der Waals surface area contributed by atoms with Gasteiger partial charge in [-0.25, -0.2) is 9.97 Å². The van der Waals surface area contributed by atoms with E-state index < -0.39 is 0 Å². The number of allylic oxidation sites excluding steroid dienone is 2. The van der Waals surface area contributed by atoms with E-state index in [1.165, 1.54) is 19.3 Å². The molecule has 1 N–H and O–H groups in total. The van der Waals surface area contributed by atoms with Gasteiger partial charge in [-0.1, -0.05) is 24.6 Å². The normalized spacial score (nSPS) is 19.9. The average Bonchev–Trinajstić information content (AvgIpc) is 3.02. The third-order valence-electron chi connectivity index (χ3n) is 6.84. The van der Waals surface area contributed by atoms with Crippen LogP contribution in [0.2, 0.25) is 0 Å². The van der Waals surface area contributed by atoms with Crippen molar-refractivity contribution in [3.8, 4) is 12.8 Å². The Hall–Kier alpha value is -2.69. The summed E-state index contributed by atoms with van der Waals surface area (Å²) >= 11 is 0. The number of terminal acetylenes is 1. The van der Waals surface area contributed by atoms with Crippen molar-refractivity contribution in [2.75, 3.05) is 50.8 Å². The number of piperazine rings is 1. The quantitative estimate of drug-likeness (QED) is 0.528. The lowest BCUT2D eigenvalue weighted by molar-refractivity contribution is -0.130. The lowest BCUT2D eigenvalue weighted by Crippen LogP contribution is -2.52. The predicted octanol–water partition coefficient (Wildman–Crippen LogP) is 2.21. The second-order valence-corrected chi connectivity index (χ2v) is 8.77. The van der Waals surface area contributed by atoms with Gasteiger partial charge in [0.1, 0.15) is 0 Å². The van der Waals surface area contributed by atoms with Crippen LogP contribution in [0.15, 0.2) is 30.0 Å². The van der Waals surface area contributed by atoms with Crippen LogP contribution in [0.5, 0.6) is 0 Å². The largest absolute Gasteiger partial charge is 0.392 e. The summed E-state index contributed by atoms with van der Waals surface area (Å²) in [6.45, 7) is 7.42. The summed E-state index contributed by atoms with van der Waals surface area (Å²) in [6, 6.07) is 0.805. The van der Waals surface area contributed by atoms with Crippen LogP contribution in [0.1, 0.15) is 43.9 Å². The van der Waals surface area contributed by atoms with E-state index in [0.717, 1.165) is 67.8 Å². The minimum Gasteiger partial charge on any atom is -0.392 e. The molecule has 0 unspecified atom stereocenters. The highest BCUT2D eigenvalue weighted by Gasteiger charge is 2.29. The molecular formula is C26H37N5O2. The molecular weight excluding hydrogens is 414 g/mol. The van der Waals surface area contributed by atoms with Crippen LogP contribution in [0, 0.1) is 12.8 Å². The van der Waals surface area contributed by atoms with E-state index in [9.17, 15) is 9.90 Å². The molecule has 3 aliphatic rings. The van der Waals surface area contributed by atoms with Crippen LogP contribution in [0.4, 0.5) is 5.95 Å². The van der Waals surface area contributed by atoms with Crippen molar-refractivity contribution in [2.24, 2.45) is 0 Å². The third-order valence-corrected chi connectivity index (χ3v) is 6.84. The van der Waals surface area contributed by atoms with Gasteiger partial charge < -0.3 is 14.9 Å². The van der Waals surface area contributed by atoms with Gasteiger partial charge >= 0.3 is 0 Å². The fourth-order valence-electron chi connectivity index (χ4n) is 4.72. The number of aliphatic hydroxyl groups is 1. The van der Waals surface area contributed by atoms with Crippen molar-refractivity contribution in [3.05, 3.63) is 41.3 Å². The zero-order chi connectivity index (χ0) is 23.6. The summed E-state index contributed by atoms with van der Waals surface area (Å²) < 4.78 is 0. The molecule has 0 spiro atoms. The molecule has 1 aliphatic carbocycles. The highest BCUT2D eigenvalue weighted by atomic mass is 16.2. The van der Waals surface area contributed by atoms with Crippen molar-refractivity contribution in [1.29, 1.82) is 0 Å². The molecule has 7 nitrogen and oxygen atoms in total. The Kier molecular flexibility index (Phi) is 9.47. The Bertz CT molecular complexity index is 867. The summed E-state index contributed by atoms with van der Waals surface area (Å²) in [5.74, 6) is 0.943. The molecule has 1 aromatic heterocycles. The number of aromatic nitrogens is 2. The number of hydrogen-bond acceptors (Lipinski definition) is 6. The van der Waals surface area contributed by atoms with Crippen LogP contribution in [0.25, 0.3) is 0 Å². The van der Waals surface area contributed by atoms with Gasteiger partial charge in [0.2, 0.25) is 11.9 Å². The number of amides is 1. The lowest BCUT2D eigenvalue weighted by atomic mass is 9.91. The fraction of sp³-hybridized carbons (Fsp3) is 0.577. The van der Waals surface area contributed by atoms with Crippen LogP contribution in [0.3, 0.4) is 0 Å². The molecule has 1 amide bonds. The molecule has 2 fully saturated rings. The van der Waals surface area contributed by atoms with Gasteiger partial charge in [0.25, 0.3) is 0 Å². The van der Waals surface area contributed by atoms with Crippen molar-refractivity contribution in [1.82, 2.24) is 19.8 Å². The molecule has 0 radical (unpaired) electrons. The van der Waals surface area contributed by atoms with Crippen LogP contribution < -0.4 is 4.90 Å². The number of carbonyl (C=O) groups is 1. The number of anilines is 1. The molecule has 0 atom stereocenters. The minimum atomic E-state index is -0.0499. The molecule has 0 aromatic carbocycles. The number of rotatable bonds is 6. The van der Waals surface area contributed by atoms with Crippen molar-refractivity contribution in [2.45, 2.75) is 51.5 Å². The maximum atomic E-state index is 12.8. The molecule has 1 aromatic rings. The predicted molar refractivity (Wildman–Crippen MR) is 132 cm³/mol. The third kappa shape index (κ3) is 6.43. The first-order valence-corrected chi connectivity index (χ1v) is 12.1. The Morgan fingerprint density at radius 2 is 1.88 bits per heavy atom. The molecule has 33 heavy (non-hydrogen) atoms. The lowest BCUT2D eigenvalue weighted by Gasteiger charge is -2.43. The highest BCUT2D eigenvalue weighted by Crippen LogP contribution is 2.26. The van der Waals surface area contributed by atoms with E-state index in [1.54, 1.807) is 6.08 Å². The fourth-order valence-corrected chi connectivity index (χ4v) is 4.72. The Labute approximate surface area is 198 Å². The van der Waals surface area contributed by atoms with Gasteiger partial charge in [-0.2, -0.15) is 0 Å². The molecule has 4 rings (SSSR count). The summed E-state index contributed by atoms with van der Waals surface area (Å²) in [5.41, 5.74) is 3.10. The maximum absolute atomic E-state index is 12.8. The van der Waals surface area contributed by atoms with E-state index in [4.69, 9.17) is 4.98 Å². The second kappa shape index (κ2) is 12.5. The van der Waals surface area contributed by atoms with Gasteiger partial charge in [-0.3, -0.25) is 9.69 Å².